The van der Waals surface area contributed by atoms with E-state index < -0.39 is 0 Å². The second-order valence-corrected chi connectivity index (χ2v) is 8.29. The molecule has 2 aliphatic rings. The highest BCUT2D eigenvalue weighted by Gasteiger charge is 2.44. The van der Waals surface area contributed by atoms with Crippen LogP contribution in [0.5, 0.6) is 0 Å². The molecule has 26 heavy (non-hydrogen) atoms. The third kappa shape index (κ3) is 4.09. The first-order valence-corrected chi connectivity index (χ1v) is 9.56. The van der Waals surface area contributed by atoms with Gasteiger partial charge in [-0.05, 0) is 44.7 Å². The van der Waals surface area contributed by atoms with Crippen molar-refractivity contribution in [3.8, 4) is 0 Å². The van der Waals surface area contributed by atoms with Crippen molar-refractivity contribution in [3.05, 3.63) is 35.4 Å². The summed E-state index contributed by atoms with van der Waals surface area (Å²) in [5.74, 6) is 0.170. The largest absolute Gasteiger partial charge is 0.376 e. The Morgan fingerprint density at radius 1 is 1.27 bits per heavy atom. The first-order valence-electron chi connectivity index (χ1n) is 9.56. The molecule has 2 fully saturated rings. The second kappa shape index (κ2) is 7.39. The van der Waals surface area contributed by atoms with E-state index in [2.05, 4.69) is 44.3 Å². The zero-order valence-electron chi connectivity index (χ0n) is 16.1. The monoisotopic (exact) mass is 358 g/mol. The summed E-state index contributed by atoms with van der Waals surface area (Å²) in [6, 6.07) is 8.40. The molecule has 142 valence electrons. The number of rotatable bonds is 3. The van der Waals surface area contributed by atoms with Crippen LogP contribution in [0.3, 0.4) is 0 Å². The summed E-state index contributed by atoms with van der Waals surface area (Å²) in [7, 11) is 0. The van der Waals surface area contributed by atoms with Crippen molar-refractivity contribution in [2.45, 2.75) is 57.5 Å². The average molecular weight is 358 g/mol. The van der Waals surface area contributed by atoms with E-state index in [-0.39, 0.29) is 22.8 Å². The molecule has 1 atom stereocenters. The number of nitrogens with zero attached hydrogens (tertiary/aromatic N) is 1. The van der Waals surface area contributed by atoms with Gasteiger partial charge in [-0.25, -0.2) is 0 Å². The molecule has 0 saturated carbocycles. The van der Waals surface area contributed by atoms with E-state index in [0.29, 0.717) is 39.1 Å². The summed E-state index contributed by atoms with van der Waals surface area (Å²) in [5, 5.41) is 2.84. The van der Waals surface area contributed by atoms with Gasteiger partial charge in [0.05, 0.1) is 5.60 Å². The number of ether oxygens (including phenoxy) is 1. The van der Waals surface area contributed by atoms with Gasteiger partial charge in [0.1, 0.15) is 0 Å². The molecule has 2 aliphatic heterocycles. The standard InChI is InChI=1S/C21H30N2O3/c1-16-6-4-5-7-17(16)21(9-13-26-20(2,3)15-21)14-19(25)23-11-8-18(24)22-10-12-23/h4-7H,8-15H2,1-3H3,(H,22,24). The predicted octanol–water partition coefficient (Wildman–Crippen LogP) is 2.56. The van der Waals surface area contributed by atoms with Crippen molar-refractivity contribution >= 4 is 11.8 Å². The molecule has 2 saturated heterocycles. The minimum absolute atomic E-state index is 0.0288. The number of carbonyl (C=O) groups excluding carboxylic acids is 2. The maximum absolute atomic E-state index is 13.2. The summed E-state index contributed by atoms with van der Waals surface area (Å²) in [6.07, 6.45) is 2.52. The summed E-state index contributed by atoms with van der Waals surface area (Å²) < 4.78 is 5.96. The highest BCUT2D eigenvalue weighted by molar-refractivity contribution is 5.81. The minimum Gasteiger partial charge on any atom is -0.376 e. The maximum Gasteiger partial charge on any atom is 0.223 e. The number of nitrogens with one attached hydrogen (secondary N) is 1. The van der Waals surface area contributed by atoms with Crippen molar-refractivity contribution in [3.63, 3.8) is 0 Å². The van der Waals surface area contributed by atoms with Crippen LogP contribution in [0.15, 0.2) is 24.3 Å². The van der Waals surface area contributed by atoms with Crippen molar-refractivity contribution in [1.82, 2.24) is 10.2 Å². The lowest BCUT2D eigenvalue weighted by Gasteiger charge is -2.46. The fourth-order valence-corrected chi connectivity index (χ4v) is 4.54. The first kappa shape index (κ1) is 18.9. The van der Waals surface area contributed by atoms with E-state index in [1.807, 2.05) is 11.0 Å². The van der Waals surface area contributed by atoms with Crippen molar-refractivity contribution in [2.75, 3.05) is 26.2 Å². The van der Waals surface area contributed by atoms with E-state index >= 15 is 0 Å². The summed E-state index contributed by atoms with van der Waals surface area (Å²) >= 11 is 0. The zero-order valence-corrected chi connectivity index (χ0v) is 16.1. The first-order chi connectivity index (χ1) is 12.3. The van der Waals surface area contributed by atoms with Gasteiger partial charge in [-0.2, -0.15) is 0 Å². The lowest BCUT2D eigenvalue weighted by Crippen LogP contribution is -2.48. The third-order valence-electron chi connectivity index (χ3n) is 5.71. The van der Waals surface area contributed by atoms with Crippen molar-refractivity contribution < 1.29 is 14.3 Å². The van der Waals surface area contributed by atoms with Gasteiger partial charge in [0, 0.05) is 44.5 Å². The van der Waals surface area contributed by atoms with Crippen LogP contribution in [0.1, 0.15) is 50.7 Å². The molecule has 0 spiro atoms. The Balaban J connectivity index is 1.88. The number of aryl methyl sites for hydroxylation is 1. The molecule has 5 heteroatoms. The Hall–Kier alpha value is -1.88. The number of hydrogen-bond donors (Lipinski definition) is 1. The van der Waals surface area contributed by atoms with Gasteiger partial charge in [-0.15, -0.1) is 0 Å². The van der Waals surface area contributed by atoms with Crippen LogP contribution < -0.4 is 5.32 Å². The fraction of sp³-hybridized carbons (Fsp3) is 0.619. The van der Waals surface area contributed by atoms with E-state index in [1.54, 1.807) is 0 Å². The quantitative estimate of drug-likeness (QED) is 0.903. The Morgan fingerprint density at radius 2 is 2.04 bits per heavy atom. The average Bonchev–Trinajstić information content (AvgIpc) is 2.79. The van der Waals surface area contributed by atoms with Crippen LogP contribution in [0.4, 0.5) is 0 Å². The van der Waals surface area contributed by atoms with E-state index in [9.17, 15) is 9.59 Å². The van der Waals surface area contributed by atoms with Gasteiger partial charge in [-0.1, -0.05) is 24.3 Å². The van der Waals surface area contributed by atoms with Gasteiger partial charge in [0.2, 0.25) is 11.8 Å². The zero-order chi connectivity index (χ0) is 18.8. The molecule has 2 amide bonds. The SMILES string of the molecule is Cc1ccccc1C1(CC(=O)N2CCNC(=O)CC2)CCOC(C)(C)C1. The van der Waals surface area contributed by atoms with E-state index in [4.69, 9.17) is 4.74 Å². The molecule has 1 unspecified atom stereocenters. The molecular formula is C21H30N2O3. The van der Waals surface area contributed by atoms with Gasteiger partial charge in [0.25, 0.3) is 0 Å². The number of amides is 2. The molecule has 1 N–H and O–H groups in total. The smallest absolute Gasteiger partial charge is 0.223 e. The van der Waals surface area contributed by atoms with Crippen molar-refractivity contribution in [2.24, 2.45) is 0 Å². The maximum atomic E-state index is 13.2. The Bertz CT molecular complexity index is 686. The van der Waals surface area contributed by atoms with E-state index in [1.165, 1.54) is 11.1 Å². The van der Waals surface area contributed by atoms with Crippen molar-refractivity contribution in [1.29, 1.82) is 0 Å². The highest BCUT2D eigenvalue weighted by Crippen LogP contribution is 2.45. The Kier molecular flexibility index (Phi) is 5.37. The molecule has 0 aromatic heterocycles. The van der Waals surface area contributed by atoms with Gasteiger partial charge >= 0.3 is 0 Å². The number of hydrogen-bond acceptors (Lipinski definition) is 3. The van der Waals surface area contributed by atoms with Crippen LogP contribution in [0, 0.1) is 6.92 Å². The Morgan fingerprint density at radius 3 is 2.77 bits per heavy atom. The van der Waals surface area contributed by atoms with E-state index in [0.717, 1.165) is 12.8 Å². The van der Waals surface area contributed by atoms with Crippen LogP contribution in [-0.2, 0) is 19.7 Å². The normalized spacial score (nSPS) is 26.1. The predicted molar refractivity (Wildman–Crippen MR) is 101 cm³/mol. The molecule has 0 radical (unpaired) electrons. The van der Waals surface area contributed by atoms with Crippen LogP contribution in [-0.4, -0.2) is 48.6 Å². The molecule has 2 heterocycles. The third-order valence-corrected chi connectivity index (χ3v) is 5.71. The lowest BCUT2D eigenvalue weighted by molar-refractivity contribution is -0.136. The molecular weight excluding hydrogens is 328 g/mol. The summed E-state index contributed by atoms with van der Waals surface area (Å²) in [5.41, 5.74) is 2.02. The molecule has 5 nitrogen and oxygen atoms in total. The summed E-state index contributed by atoms with van der Waals surface area (Å²) in [6.45, 7) is 8.64. The molecule has 1 aromatic rings. The number of benzene rings is 1. The molecule has 0 bridgehead atoms. The lowest BCUT2D eigenvalue weighted by atomic mass is 9.66. The highest BCUT2D eigenvalue weighted by atomic mass is 16.5. The van der Waals surface area contributed by atoms with Crippen LogP contribution in [0.25, 0.3) is 0 Å². The topological polar surface area (TPSA) is 58.6 Å². The van der Waals surface area contributed by atoms with Gasteiger partial charge in [0.15, 0.2) is 0 Å². The molecule has 0 aliphatic carbocycles. The minimum atomic E-state index is -0.253. The molecule has 3 rings (SSSR count). The van der Waals surface area contributed by atoms with Gasteiger partial charge in [-0.3, -0.25) is 9.59 Å². The second-order valence-electron chi connectivity index (χ2n) is 8.29. The van der Waals surface area contributed by atoms with Crippen LogP contribution in [0.2, 0.25) is 0 Å². The number of carbonyl (C=O) groups is 2. The summed E-state index contributed by atoms with van der Waals surface area (Å²) in [4.78, 5) is 26.6. The van der Waals surface area contributed by atoms with Crippen LogP contribution >= 0.6 is 0 Å². The molecule has 1 aromatic carbocycles. The fourth-order valence-electron chi connectivity index (χ4n) is 4.54. The van der Waals surface area contributed by atoms with Gasteiger partial charge < -0.3 is 15.0 Å². The Labute approximate surface area is 156 Å².